The average Bonchev–Trinajstić information content (AvgIpc) is 3.37. The van der Waals surface area contributed by atoms with Crippen LogP contribution in [0, 0.1) is 13.8 Å². The minimum atomic E-state index is -0.262. The molecule has 1 aliphatic rings. The summed E-state index contributed by atoms with van der Waals surface area (Å²) in [4.78, 5) is 25.7. The van der Waals surface area contributed by atoms with E-state index in [4.69, 9.17) is 69.5 Å². The van der Waals surface area contributed by atoms with Gasteiger partial charge in [-0.05, 0) is 139 Å². The van der Waals surface area contributed by atoms with Gasteiger partial charge in [-0.3, -0.25) is 14.5 Å². The van der Waals surface area contributed by atoms with E-state index in [0.717, 1.165) is 59.5 Å². The van der Waals surface area contributed by atoms with Crippen LogP contribution < -0.4 is 11.5 Å². The topological polar surface area (TPSA) is 89.4 Å². The molecule has 0 aromatic heterocycles. The summed E-state index contributed by atoms with van der Waals surface area (Å²) in [6.45, 7) is 4.67. The standard InChI is InChI=1S/C15H9BrClNO2.C7H5Br2Cl.2C7H7BrClN.C7H6BrCl/c16-10-5-9(6-11(17)7-10)8-18-14(19)12-3-1-2-4-13(12)15(18)20;8-4-5-1-6(9)3-7(10)2-5;8-6-1-5(4-10)2-7(9)3-6;1-4-2-5(8)3-6(9)7(4)10;1-5-2-6(8)4-7(9)3-5/h1-7H,8H2;1-3H,4H2;1-3H,4,10H2;2-3H,10H2,1H3;2-4H,1H3. The lowest BCUT2D eigenvalue weighted by Gasteiger charge is -2.14. The van der Waals surface area contributed by atoms with E-state index in [1.54, 1.807) is 42.5 Å². The van der Waals surface area contributed by atoms with Gasteiger partial charge in [0, 0.05) is 54.3 Å². The predicted octanol–water partition coefficient (Wildman–Crippen LogP) is 16.9. The molecule has 16 heteroatoms. The van der Waals surface area contributed by atoms with Gasteiger partial charge in [0.25, 0.3) is 11.8 Å². The van der Waals surface area contributed by atoms with Gasteiger partial charge in [0.2, 0.25) is 0 Å². The van der Waals surface area contributed by atoms with Crippen LogP contribution in [0.1, 0.15) is 48.5 Å². The van der Waals surface area contributed by atoms with Crippen molar-refractivity contribution >= 4 is 171 Å². The number of imide groups is 1. The number of benzene rings is 6. The molecule has 0 saturated carbocycles. The number of carbonyl (C=O) groups excluding carboxylic acids is 2. The summed E-state index contributed by atoms with van der Waals surface area (Å²) in [5.74, 6) is -0.525. The number of aryl methyl sites for hydroxylation is 2. The van der Waals surface area contributed by atoms with Crippen molar-refractivity contribution in [1.82, 2.24) is 4.90 Å². The summed E-state index contributed by atoms with van der Waals surface area (Å²) >= 11 is 49.0. The molecule has 6 aromatic carbocycles. The van der Waals surface area contributed by atoms with E-state index < -0.39 is 0 Å². The van der Waals surface area contributed by atoms with E-state index in [1.807, 2.05) is 80.6 Å². The zero-order valence-electron chi connectivity index (χ0n) is 31.1. The SMILES string of the molecule is Cc1cc(Br)cc(Cl)c1N.Cc1cc(Cl)cc(Br)c1.Clc1cc(Br)cc(CBr)c1.NCc1cc(Cl)cc(Br)c1.O=C1c2ccccc2C(=O)N1Cc1cc(Cl)cc(Br)c1. The summed E-state index contributed by atoms with van der Waals surface area (Å²) in [5, 5.41) is 4.27. The normalized spacial score (nSPS) is 11.2. The maximum atomic E-state index is 12.2. The second kappa shape index (κ2) is 25.6. The Labute approximate surface area is 420 Å². The fourth-order valence-corrected chi connectivity index (χ4v) is 10.2. The van der Waals surface area contributed by atoms with Crippen molar-refractivity contribution < 1.29 is 9.59 Å². The van der Waals surface area contributed by atoms with Gasteiger partial charge in [-0.1, -0.05) is 166 Å². The van der Waals surface area contributed by atoms with Crippen molar-refractivity contribution in [1.29, 1.82) is 0 Å². The fourth-order valence-electron chi connectivity index (χ4n) is 5.09. The molecule has 0 radical (unpaired) electrons. The molecule has 1 aliphatic heterocycles. The number of anilines is 1. The number of hydrogen-bond donors (Lipinski definition) is 2. The summed E-state index contributed by atoms with van der Waals surface area (Å²) in [6.07, 6.45) is 0. The molecule has 0 aliphatic carbocycles. The molecule has 1 heterocycles. The highest BCUT2D eigenvalue weighted by Gasteiger charge is 2.35. The number of amides is 2. The van der Waals surface area contributed by atoms with Crippen LogP contribution in [0.3, 0.4) is 0 Å². The summed E-state index contributed by atoms with van der Waals surface area (Å²) in [7, 11) is 0. The number of nitrogens with two attached hydrogens (primary N) is 2. The van der Waals surface area contributed by atoms with Crippen LogP contribution in [-0.4, -0.2) is 16.7 Å². The van der Waals surface area contributed by atoms with Gasteiger partial charge in [-0.2, -0.15) is 0 Å². The maximum Gasteiger partial charge on any atom is 0.261 e. The van der Waals surface area contributed by atoms with Crippen molar-refractivity contribution in [2.75, 3.05) is 5.73 Å². The highest BCUT2D eigenvalue weighted by molar-refractivity contribution is 9.11. The Bertz CT molecular complexity index is 2200. The fraction of sp³-hybridized carbons (Fsp3) is 0.116. The molecule has 310 valence electrons. The molecule has 0 bridgehead atoms. The first-order chi connectivity index (χ1) is 27.8. The van der Waals surface area contributed by atoms with Crippen LogP contribution >= 0.6 is 154 Å². The Morgan fingerprint density at radius 1 is 0.542 bits per heavy atom. The zero-order valence-corrected chi connectivity index (χ0v) is 44.4. The number of rotatable bonds is 4. The number of alkyl halides is 1. The highest BCUT2D eigenvalue weighted by atomic mass is 79.9. The molecule has 0 spiro atoms. The second-order valence-electron chi connectivity index (χ2n) is 12.5. The van der Waals surface area contributed by atoms with Crippen LogP contribution in [0.15, 0.2) is 132 Å². The molecule has 5 nitrogen and oxygen atoms in total. The summed E-state index contributed by atoms with van der Waals surface area (Å²) in [6, 6.07) is 33.2. The van der Waals surface area contributed by atoms with E-state index in [2.05, 4.69) is 95.6 Å². The first-order valence-corrected chi connectivity index (χ1v) is 24.0. The lowest BCUT2D eigenvalue weighted by Crippen LogP contribution is -2.29. The number of halogens is 11. The number of nitrogens with zero attached hydrogens (tertiary/aromatic N) is 1. The third-order valence-electron chi connectivity index (χ3n) is 7.68. The first-order valence-electron chi connectivity index (χ1n) is 17.0. The van der Waals surface area contributed by atoms with Crippen LogP contribution in [0.4, 0.5) is 5.69 Å². The van der Waals surface area contributed by atoms with E-state index >= 15 is 0 Å². The van der Waals surface area contributed by atoms with Gasteiger partial charge in [-0.15, -0.1) is 0 Å². The van der Waals surface area contributed by atoms with Crippen molar-refractivity contribution in [3.8, 4) is 0 Å². The first kappa shape index (κ1) is 51.9. The minimum absolute atomic E-state index is 0.214. The highest BCUT2D eigenvalue weighted by Crippen LogP contribution is 2.28. The molecule has 0 atom stereocenters. The van der Waals surface area contributed by atoms with Crippen molar-refractivity contribution in [2.24, 2.45) is 5.73 Å². The molecule has 0 fully saturated rings. The molecule has 4 N–H and O–H groups in total. The molecule has 6 aromatic rings. The molecule has 7 rings (SSSR count). The van der Waals surface area contributed by atoms with Crippen LogP contribution in [0.5, 0.6) is 0 Å². The third-order valence-corrected chi connectivity index (χ3v) is 11.8. The number of hydrogen-bond acceptors (Lipinski definition) is 4. The summed E-state index contributed by atoms with van der Waals surface area (Å²) in [5.41, 5.74) is 17.8. The second-order valence-corrected chi connectivity index (χ2v) is 19.8. The molecule has 0 saturated heterocycles. The lowest BCUT2D eigenvalue weighted by molar-refractivity contribution is 0.0642. The van der Waals surface area contributed by atoms with Gasteiger partial charge in [-0.25, -0.2) is 0 Å². The third kappa shape index (κ3) is 17.7. The number of carbonyl (C=O) groups is 2. The monoisotopic (exact) mass is 1270 g/mol. The largest absolute Gasteiger partial charge is 0.397 e. The minimum Gasteiger partial charge on any atom is -0.397 e. The van der Waals surface area contributed by atoms with Gasteiger partial charge in [0.05, 0.1) is 28.4 Å². The van der Waals surface area contributed by atoms with Gasteiger partial charge in [0.15, 0.2) is 0 Å². The Balaban J connectivity index is 0.000000207. The molecular weight excluding hydrogens is 1250 g/mol. The van der Waals surface area contributed by atoms with E-state index in [0.29, 0.717) is 33.4 Å². The number of nitrogen functional groups attached to an aromatic ring is 1. The van der Waals surface area contributed by atoms with E-state index in [9.17, 15) is 9.59 Å². The predicted molar refractivity (Wildman–Crippen MR) is 271 cm³/mol. The van der Waals surface area contributed by atoms with Gasteiger partial charge < -0.3 is 11.5 Å². The quantitative estimate of drug-likeness (QED) is 0.105. The zero-order chi connectivity index (χ0) is 44.0. The van der Waals surface area contributed by atoms with Crippen molar-refractivity contribution in [3.05, 3.63) is 196 Å². The lowest BCUT2D eigenvalue weighted by atomic mass is 10.1. The Hall–Kier alpha value is -1.45. The molecule has 59 heavy (non-hydrogen) atoms. The average molecular weight is 1280 g/mol. The van der Waals surface area contributed by atoms with E-state index in [1.165, 1.54) is 16.0 Å². The number of fused-ring (bicyclic) bond motifs is 1. The Morgan fingerprint density at radius 2 is 0.949 bits per heavy atom. The smallest absolute Gasteiger partial charge is 0.261 e. The maximum absolute atomic E-state index is 12.2. The van der Waals surface area contributed by atoms with Crippen molar-refractivity contribution in [3.63, 3.8) is 0 Å². The van der Waals surface area contributed by atoms with Crippen LogP contribution in [0.25, 0.3) is 0 Å². The van der Waals surface area contributed by atoms with Gasteiger partial charge >= 0.3 is 0 Å². The van der Waals surface area contributed by atoms with Crippen LogP contribution in [-0.2, 0) is 18.4 Å². The molecule has 0 unspecified atom stereocenters. The molecule has 2 amide bonds. The molecular formula is C43H34Br6Cl5N3O2. The Morgan fingerprint density at radius 3 is 1.37 bits per heavy atom. The van der Waals surface area contributed by atoms with Crippen LogP contribution in [0.2, 0.25) is 25.1 Å². The van der Waals surface area contributed by atoms with E-state index in [-0.39, 0.29) is 18.4 Å². The van der Waals surface area contributed by atoms with Crippen molar-refractivity contribution in [2.45, 2.75) is 32.3 Å². The summed E-state index contributed by atoms with van der Waals surface area (Å²) < 4.78 is 4.81. The van der Waals surface area contributed by atoms with Gasteiger partial charge in [0.1, 0.15) is 0 Å². The Kier molecular flexibility index (Phi) is 22.5.